The summed E-state index contributed by atoms with van der Waals surface area (Å²) in [4.78, 5) is 32.4. The molecule has 0 saturated carbocycles. The number of benzene rings is 3. The second-order valence-electron chi connectivity index (χ2n) is 9.81. The molecular weight excluding hydrogens is 511 g/mol. The van der Waals surface area contributed by atoms with Gasteiger partial charge in [0, 0.05) is 59.5 Å². The predicted octanol–water partition coefficient (Wildman–Crippen LogP) is 5.73. The number of halogens is 2. The fourth-order valence-corrected chi connectivity index (χ4v) is 5.90. The number of nitrogens with zero attached hydrogens (tertiary/aromatic N) is 3. The summed E-state index contributed by atoms with van der Waals surface area (Å²) in [6.07, 6.45) is 0.551. The van der Waals surface area contributed by atoms with Crippen molar-refractivity contribution >= 4 is 46.5 Å². The summed E-state index contributed by atoms with van der Waals surface area (Å²) in [7, 11) is 0. The van der Waals surface area contributed by atoms with Gasteiger partial charge in [-0.25, -0.2) is 4.79 Å². The molecule has 37 heavy (non-hydrogen) atoms. The average molecular weight is 537 g/mol. The molecule has 0 radical (unpaired) electrons. The lowest BCUT2D eigenvalue weighted by Crippen LogP contribution is -2.65. The van der Waals surface area contributed by atoms with Crippen molar-refractivity contribution in [2.45, 2.75) is 25.1 Å². The van der Waals surface area contributed by atoms with Crippen LogP contribution in [0.5, 0.6) is 5.75 Å². The lowest BCUT2D eigenvalue weighted by Gasteiger charge is -2.50. The van der Waals surface area contributed by atoms with Gasteiger partial charge in [0.05, 0.1) is 11.7 Å². The van der Waals surface area contributed by atoms with Crippen LogP contribution in [0.4, 0.5) is 16.2 Å². The number of ether oxygens (including phenoxy) is 1. The number of hydrogen-bond donors (Lipinski definition) is 1. The van der Waals surface area contributed by atoms with Gasteiger partial charge in [0.15, 0.2) is 5.72 Å². The molecule has 3 amide bonds. The van der Waals surface area contributed by atoms with Crippen molar-refractivity contribution in [2.24, 2.45) is 0 Å². The lowest BCUT2D eigenvalue weighted by atomic mass is 9.90. The molecule has 3 aliphatic heterocycles. The number of rotatable bonds is 3. The molecule has 3 aromatic carbocycles. The first-order valence-corrected chi connectivity index (χ1v) is 13.1. The summed E-state index contributed by atoms with van der Waals surface area (Å²) in [5.74, 6) is 0.635. The standard InChI is InChI=1S/C28H26Cl2N4O3/c1-28-17-24(23-16-20(30)8-9-25(23)37-28)31-27(36)34(28)22-7-2-4-18(14-22)26(35)33-12-10-32(11-13-33)21-6-3-5-19(29)15-21/h2-9,14-16,24H,10-13,17H2,1H3,(H,31,36)/t24-,28-/m1/s1. The SMILES string of the molecule is C[C@@]12C[C@@H](NC(=O)N1c1cccc(C(=O)N3CCN(c4cccc(Cl)c4)CC3)c1)c1cc(Cl)ccc1O2. The van der Waals surface area contributed by atoms with Crippen LogP contribution < -0.4 is 19.9 Å². The molecule has 2 fully saturated rings. The van der Waals surface area contributed by atoms with E-state index in [1.165, 1.54) is 0 Å². The largest absolute Gasteiger partial charge is 0.467 e. The molecule has 3 aromatic rings. The Morgan fingerprint density at radius 2 is 1.68 bits per heavy atom. The van der Waals surface area contributed by atoms with Crippen LogP contribution in [0.2, 0.25) is 10.0 Å². The summed E-state index contributed by atoms with van der Waals surface area (Å²) in [6.45, 7) is 4.54. The van der Waals surface area contributed by atoms with Gasteiger partial charge in [-0.2, -0.15) is 0 Å². The zero-order valence-electron chi connectivity index (χ0n) is 20.3. The van der Waals surface area contributed by atoms with Crippen molar-refractivity contribution in [3.8, 4) is 5.75 Å². The van der Waals surface area contributed by atoms with Crippen molar-refractivity contribution in [3.63, 3.8) is 0 Å². The van der Waals surface area contributed by atoms with Gasteiger partial charge in [0.25, 0.3) is 5.91 Å². The van der Waals surface area contributed by atoms with E-state index in [0.29, 0.717) is 46.6 Å². The van der Waals surface area contributed by atoms with E-state index in [1.807, 2.05) is 60.4 Å². The third kappa shape index (κ3) is 4.36. The van der Waals surface area contributed by atoms with Gasteiger partial charge in [0.1, 0.15) is 5.75 Å². The Hall–Kier alpha value is -3.42. The van der Waals surface area contributed by atoms with Crippen LogP contribution >= 0.6 is 23.2 Å². The molecule has 1 N–H and O–H groups in total. The molecule has 0 spiro atoms. The highest BCUT2D eigenvalue weighted by Gasteiger charge is 2.50. The van der Waals surface area contributed by atoms with E-state index in [-0.39, 0.29) is 18.0 Å². The second kappa shape index (κ2) is 9.15. The lowest BCUT2D eigenvalue weighted by molar-refractivity contribution is 0.0378. The van der Waals surface area contributed by atoms with Crippen LogP contribution in [0.3, 0.4) is 0 Å². The number of piperazine rings is 1. The van der Waals surface area contributed by atoms with Gasteiger partial charge in [-0.15, -0.1) is 0 Å². The molecule has 0 unspecified atom stereocenters. The highest BCUT2D eigenvalue weighted by atomic mass is 35.5. The number of amides is 3. The number of hydrogen-bond acceptors (Lipinski definition) is 4. The Morgan fingerprint density at radius 1 is 0.946 bits per heavy atom. The number of nitrogens with one attached hydrogen (secondary N) is 1. The summed E-state index contributed by atoms with van der Waals surface area (Å²) in [6, 6.07) is 20.0. The van der Waals surface area contributed by atoms with E-state index >= 15 is 0 Å². The molecule has 3 aliphatic rings. The van der Waals surface area contributed by atoms with Crippen molar-refractivity contribution < 1.29 is 14.3 Å². The summed E-state index contributed by atoms with van der Waals surface area (Å²) >= 11 is 12.3. The zero-order valence-corrected chi connectivity index (χ0v) is 21.8. The number of urea groups is 1. The van der Waals surface area contributed by atoms with Crippen molar-refractivity contribution in [2.75, 3.05) is 36.0 Å². The van der Waals surface area contributed by atoms with Crippen molar-refractivity contribution in [3.05, 3.63) is 87.9 Å². The Balaban J connectivity index is 1.21. The minimum absolute atomic E-state index is 0.0578. The van der Waals surface area contributed by atoms with Gasteiger partial charge in [-0.3, -0.25) is 9.69 Å². The predicted molar refractivity (Wildman–Crippen MR) is 145 cm³/mol. The molecule has 190 valence electrons. The molecule has 2 atom stereocenters. The average Bonchev–Trinajstić information content (AvgIpc) is 2.88. The Kier molecular flexibility index (Phi) is 5.92. The first-order valence-electron chi connectivity index (χ1n) is 12.3. The van der Waals surface area contributed by atoms with Gasteiger partial charge in [0.2, 0.25) is 0 Å². The Labute approximate surface area is 225 Å². The van der Waals surface area contributed by atoms with Gasteiger partial charge in [-0.05, 0) is 61.5 Å². The smallest absolute Gasteiger partial charge is 0.325 e. The molecule has 3 heterocycles. The molecule has 7 nitrogen and oxygen atoms in total. The molecule has 2 bridgehead atoms. The highest BCUT2D eigenvalue weighted by molar-refractivity contribution is 6.31. The van der Waals surface area contributed by atoms with Crippen LogP contribution in [0.15, 0.2) is 66.7 Å². The summed E-state index contributed by atoms with van der Waals surface area (Å²) < 4.78 is 6.36. The fraction of sp³-hybridized carbons (Fsp3) is 0.286. The van der Waals surface area contributed by atoms with Gasteiger partial charge in [-0.1, -0.05) is 35.3 Å². The van der Waals surface area contributed by atoms with Crippen LogP contribution in [0.25, 0.3) is 0 Å². The molecule has 0 aromatic heterocycles. The van der Waals surface area contributed by atoms with Crippen molar-refractivity contribution in [1.82, 2.24) is 10.2 Å². The number of anilines is 2. The fourth-order valence-electron chi connectivity index (χ4n) is 5.54. The monoisotopic (exact) mass is 536 g/mol. The first-order chi connectivity index (χ1) is 17.8. The number of carbonyl (C=O) groups is 2. The normalized spacial score (nSPS) is 22.7. The van der Waals surface area contributed by atoms with Crippen LogP contribution in [0, 0.1) is 0 Å². The molecule has 9 heteroatoms. The quantitative estimate of drug-likeness (QED) is 0.464. The van der Waals surface area contributed by atoms with Gasteiger partial charge < -0.3 is 19.9 Å². The van der Waals surface area contributed by atoms with Gasteiger partial charge >= 0.3 is 6.03 Å². The molecular formula is C28H26Cl2N4O3. The maximum absolute atomic E-state index is 13.4. The third-order valence-corrected chi connectivity index (χ3v) is 7.80. The van der Waals surface area contributed by atoms with E-state index in [2.05, 4.69) is 10.2 Å². The van der Waals surface area contributed by atoms with E-state index in [4.69, 9.17) is 27.9 Å². The highest BCUT2D eigenvalue weighted by Crippen LogP contribution is 2.46. The number of carbonyl (C=O) groups excluding carboxylic acids is 2. The van der Waals surface area contributed by atoms with E-state index in [9.17, 15) is 9.59 Å². The zero-order chi connectivity index (χ0) is 25.7. The van der Waals surface area contributed by atoms with Crippen LogP contribution in [-0.2, 0) is 0 Å². The molecule has 2 saturated heterocycles. The second-order valence-corrected chi connectivity index (χ2v) is 10.7. The maximum atomic E-state index is 13.4. The maximum Gasteiger partial charge on any atom is 0.325 e. The van der Waals surface area contributed by atoms with E-state index < -0.39 is 5.72 Å². The first kappa shape index (κ1) is 23.9. The van der Waals surface area contributed by atoms with E-state index in [1.54, 1.807) is 23.1 Å². The topological polar surface area (TPSA) is 65.1 Å². The summed E-state index contributed by atoms with van der Waals surface area (Å²) in [5.41, 5.74) is 2.17. The minimum atomic E-state index is -0.905. The minimum Gasteiger partial charge on any atom is -0.467 e. The van der Waals surface area contributed by atoms with Crippen LogP contribution in [-0.4, -0.2) is 48.7 Å². The van der Waals surface area contributed by atoms with E-state index in [0.717, 1.165) is 24.3 Å². The van der Waals surface area contributed by atoms with Crippen LogP contribution in [0.1, 0.15) is 35.3 Å². The van der Waals surface area contributed by atoms with Crippen molar-refractivity contribution in [1.29, 1.82) is 0 Å². The molecule has 0 aliphatic carbocycles. The molecule has 6 rings (SSSR count). The Bertz CT molecular complexity index is 1390. The Morgan fingerprint density at radius 3 is 2.46 bits per heavy atom. The third-order valence-electron chi connectivity index (χ3n) is 7.33. The number of fused-ring (bicyclic) bond motifs is 4. The summed E-state index contributed by atoms with van der Waals surface area (Å²) in [5, 5.41) is 4.38.